The van der Waals surface area contributed by atoms with Crippen LogP contribution < -0.4 is 51.4 Å². The first kappa shape index (κ1) is 16.3. The van der Waals surface area contributed by atoms with Gasteiger partial charge in [0.2, 0.25) is 0 Å². The third-order valence-electron chi connectivity index (χ3n) is 5.32. The number of rotatable bonds is 2. The molecule has 0 aliphatic heterocycles. The summed E-state index contributed by atoms with van der Waals surface area (Å²) in [5.74, 6) is -0.563. The number of Topliss-reactive ketones (excluding diaryl/α,β-unsaturated/α-hetero) is 1. The summed E-state index contributed by atoms with van der Waals surface area (Å²) in [6, 6.07) is 0. The van der Waals surface area contributed by atoms with E-state index in [-0.39, 0.29) is 62.6 Å². The van der Waals surface area contributed by atoms with E-state index in [0.29, 0.717) is 12.8 Å². The van der Waals surface area contributed by atoms with Crippen LogP contribution in [0.25, 0.3) is 0 Å². The van der Waals surface area contributed by atoms with Gasteiger partial charge in [-0.2, -0.15) is 0 Å². The summed E-state index contributed by atoms with van der Waals surface area (Å²) in [5, 5.41) is 0. The molecule has 0 radical (unpaired) electrons. The minimum atomic E-state index is -4.35. The third-order valence-corrected chi connectivity index (χ3v) is 6.16. The van der Waals surface area contributed by atoms with Crippen molar-refractivity contribution in [3.05, 3.63) is 0 Å². The molecule has 2 atom stereocenters. The van der Waals surface area contributed by atoms with Gasteiger partial charge in [0.1, 0.15) is 5.78 Å². The van der Waals surface area contributed by atoms with E-state index in [0.717, 1.165) is 6.42 Å². The van der Waals surface area contributed by atoms with Gasteiger partial charge in [0.25, 0.3) is 0 Å². The predicted octanol–water partition coefficient (Wildman–Crippen LogP) is -1.68. The van der Waals surface area contributed by atoms with Crippen LogP contribution in [0.15, 0.2) is 0 Å². The van der Waals surface area contributed by atoms with E-state index in [1.807, 2.05) is 20.8 Å². The molecule has 0 saturated heterocycles. The fraction of sp³-hybridized carbons (Fsp3) is 0.909. The standard InChI is InChI=1S/C11H18O4S.K/c1-9(2)10(3)4-5-11(9,8(12)6-10)7-16(13,14)15;/h4-7H2,1-3H3,(H,13,14,15);/q;+1/p-1/t10-,11-;/m0./s1. The molecule has 2 bridgehead atoms. The Morgan fingerprint density at radius 1 is 1.24 bits per heavy atom. The van der Waals surface area contributed by atoms with Gasteiger partial charge in [-0.15, -0.1) is 0 Å². The monoisotopic (exact) mass is 284 g/mol. The maximum atomic E-state index is 12.1. The first-order valence-electron chi connectivity index (χ1n) is 5.51. The maximum absolute atomic E-state index is 12.1. The molecule has 2 rings (SSSR count). The molecule has 17 heavy (non-hydrogen) atoms. The Balaban J connectivity index is 0.00000144. The van der Waals surface area contributed by atoms with Crippen LogP contribution in [-0.4, -0.2) is 24.5 Å². The van der Waals surface area contributed by atoms with Crippen molar-refractivity contribution in [3.63, 3.8) is 0 Å². The molecule has 2 saturated carbocycles. The summed E-state index contributed by atoms with van der Waals surface area (Å²) in [7, 11) is -4.35. The van der Waals surface area contributed by atoms with Gasteiger partial charge in [-0.3, -0.25) is 4.79 Å². The largest absolute Gasteiger partial charge is 1.00 e. The molecule has 2 aliphatic rings. The zero-order valence-corrected chi connectivity index (χ0v) is 14.8. The number of hydrogen-bond donors (Lipinski definition) is 0. The second kappa shape index (κ2) is 4.36. The van der Waals surface area contributed by atoms with E-state index in [4.69, 9.17) is 0 Å². The number of ketones is 1. The fourth-order valence-electron chi connectivity index (χ4n) is 3.65. The van der Waals surface area contributed by atoms with Crippen LogP contribution in [0.1, 0.15) is 40.0 Å². The molecule has 92 valence electrons. The third kappa shape index (κ3) is 2.13. The minimum Gasteiger partial charge on any atom is -0.748 e. The van der Waals surface area contributed by atoms with Gasteiger partial charge >= 0.3 is 51.4 Å². The summed E-state index contributed by atoms with van der Waals surface area (Å²) in [5.41, 5.74) is -1.47. The minimum absolute atomic E-state index is 0. The Kier molecular flexibility index (Phi) is 4.18. The smallest absolute Gasteiger partial charge is 0.748 e. The van der Waals surface area contributed by atoms with Crippen molar-refractivity contribution in [2.75, 3.05) is 5.75 Å². The molecule has 0 amide bonds. The summed E-state index contributed by atoms with van der Waals surface area (Å²) in [6.07, 6.45) is 1.79. The molecule has 0 N–H and O–H groups in total. The van der Waals surface area contributed by atoms with Crippen LogP contribution in [0.2, 0.25) is 0 Å². The van der Waals surface area contributed by atoms with Crippen molar-refractivity contribution in [3.8, 4) is 0 Å². The Hall–Kier alpha value is 1.22. The molecule has 2 aliphatic carbocycles. The SMILES string of the molecule is CC1(C)[C@@]2(C)CC[C@]1(CS(=O)(=O)[O-])C(=O)C2.[K+]. The maximum Gasteiger partial charge on any atom is 1.00 e. The van der Waals surface area contributed by atoms with Crippen LogP contribution in [0.4, 0.5) is 0 Å². The Labute approximate surface area is 145 Å². The fourth-order valence-corrected chi connectivity index (χ4v) is 4.92. The molecule has 0 aromatic heterocycles. The number of fused-ring (bicyclic) bond motifs is 2. The van der Waals surface area contributed by atoms with Gasteiger partial charge in [0.05, 0.1) is 15.9 Å². The average Bonchev–Trinajstić information content (AvgIpc) is 2.30. The molecular weight excluding hydrogens is 267 g/mol. The Morgan fingerprint density at radius 2 is 1.76 bits per heavy atom. The van der Waals surface area contributed by atoms with Crippen molar-refractivity contribution in [1.82, 2.24) is 0 Å². The van der Waals surface area contributed by atoms with Gasteiger partial charge in [0.15, 0.2) is 0 Å². The van der Waals surface area contributed by atoms with E-state index in [1.54, 1.807) is 0 Å². The first-order valence-corrected chi connectivity index (χ1v) is 7.09. The topological polar surface area (TPSA) is 74.3 Å². The zero-order chi connectivity index (χ0) is 12.4. The molecule has 6 heteroatoms. The van der Waals surface area contributed by atoms with Crippen molar-refractivity contribution in [2.24, 2.45) is 16.2 Å². The Bertz CT molecular complexity index is 456. The molecule has 0 aromatic rings. The average molecular weight is 284 g/mol. The molecule has 0 spiro atoms. The van der Waals surface area contributed by atoms with Gasteiger partial charge < -0.3 is 4.55 Å². The van der Waals surface area contributed by atoms with Crippen LogP contribution in [0, 0.1) is 16.2 Å². The van der Waals surface area contributed by atoms with E-state index < -0.39 is 26.7 Å². The van der Waals surface area contributed by atoms with Crippen LogP contribution in [0.5, 0.6) is 0 Å². The van der Waals surface area contributed by atoms with Crippen LogP contribution >= 0.6 is 0 Å². The van der Waals surface area contributed by atoms with Gasteiger partial charge in [0, 0.05) is 11.8 Å². The van der Waals surface area contributed by atoms with Crippen molar-refractivity contribution < 1.29 is 69.1 Å². The van der Waals surface area contributed by atoms with Crippen LogP contribution in [0.3, 0.4) is 0 Å². The molecule has 0 unspecified atom stereocenters. The zero-order valence-electron chi connectivity index (χ0n) is 10.9. The van der Waals surface area contributed by atoms with E-state index in [2.05, 4.69) is 0 Å². The van der Waals surface area contributed by atoms with Crippen molar-refractivity contribution in [1.29, 1.82) is 0 Å². The van der Waals surface area contributed by atoms with E-state index >= 15 is 0 Å². The number of carbonyl (C=O) groups excluding carboxylic acids is 1. The normalized spacial score (nSPS) is 39.2. The first-order chi connectivity index (χ1) is 7.04. The van der Waals surface area contributed by atoms with E-state index in [9.17, 15) is 17.8 Å². The van der Waals surface area contributed by atoms with Crippen molar-refractivity contribution in [2.45, 2.75) is 40.0 Å². The molecule has 2 fully saturated rings. The summed E-state index contributed by atoms with van der Waals surface area (Å²) in [4.78, 5) is 12.1. The summed E-state index contributed by atoms with van der Waals surface area (Å²) < 4.78 is 33.0. The van der Waals surface area contributed by atoms with E-state index in [1.165, 1.54) is 0 Å². The number of hydrogen-bond acceptors (Lipinski definition) is 4. The predicted molar refractivity (Wildman–Crippen MR) is 57.7 cm³/mol. The van der Waals surface area contributed by atoms with Crippen LogP contribution in [-0.2, 0) is 14.9 Å². The van der Waals surface area contributed by atoms with Gasteiger partial charge in [-0.05, 0) is 23.7 Å². The van der Waals surface area contributed by atoms with Gasteiger partial charge in [-0.1, -0.05) is 20.8 Å². The Morgan fingerprint density at radius 3 is 2.06 bits per heavy atom. The quantitative estimate of drug-likeness (QED) is 0.448. The molecule has 0 heterocycles. The summed E-state index contributed by atoms with van der Waals surface area (Å²) in [6.45, 7) is 5.88. The molecular formula is C11H17KO4S. The number of carbonyl (C=O) groups is 1. The summed E-state index contributed by atoms with van der Waals surface area (Å²) >= 11 is 0. The van der Waals surface area contributed by atoms with Crippen molar-refractivity contribution >= 4 is 15.9 Å². The van der Waals surface area contributed by atoms with Gasteiger partial charge in [-0.25, -0.2) is 8.42 Å². The molecule has 0 aromatic carbocycles. The second-order valence-corrected chi connectivity index (χ2v) is 7.47. The molecule has 4 nitrogen and oxygen atoms in total. The second-order valence-electron chi connectivity index (χ2n) is 6.07.